The minimum absolute atomic E-state index is 0.0661. The van der Waals surface area contributed by atoms with Crippen molar-refractivity contribution in [1.82, 2.24) is 0 Å². The van der Waals surface area contributed by atoms with Crippen molar-refractivity contribution in [3.05, 3.63) is 42.3 Å². The molecule has 0 unspecified atom stereocenters. The number of nitrogens with zero attached hydrogens (tertiary/aromatic N) is 1. The highest BCUT2D eigenvalue weighted by atomic mass is 16.5. The maximum atomic E-state index is 10.5. The van der Waals surface area contributed by atoms with Crippen molar-refractivity contribution < 1.29 is 14.6 Å². The molecule has 0 bridgehead atoms. The number of rotatable bonds is 3. The molecule has 78 valence electrons. The molecule has 4 nitrogen and oxygen atoms in total. The highest BCUT2D eigenvalue weighted by molar-refractivity contribution is 5.70. The molecule has 4 heteroatoms. The van der Waals surface area contributed by atoms with Gasteiger partial charge in [-0.1, -0.05) is 18.2 Å². The summed E-state index contributed by atoms with van der Waals surface area (Å²) in [6.07, 6.45) is 1.66. The van der Waals surface area contributed by atoms with Crippen molar-refractivity contribution in [3.63, 3.8) is 0 Å². The first-order valence-electron chi connectivity index (χ1n) is 4.63. The summed E-state index contributed by atoms with van der Waals surface area (Å²) in [5.41, 5.74) is 0.998. The average Bonchev–Trinajstić information content (AvgIpc) is 2.67. The van der Waals surface area contributed by atoms with Gasteiger partial charge in [-0.05, 0) is 12.1 Å². The molecule has 0 aliphatic carbocycles. The third-order valence-corrected chi connectivity index (χ3v) is 2.10. The van der Waals surface area contributed by atoms with Gasteiger partial charge >= 0.3 is 5.97 Å². The molecule has 1 aliphatic heterocycles. The number of carbonyl (C=O) groups is 1. The van der Waals surface area contributed by atoms with Crippen LogP contribution in [-0.4, -0.2) is 17.8 Å². The molecule has 0 radical (unpaired) electrons. The third-order valence-electron chi connectivity index (χ3n) is 2.10. The lowest BCUT2D eigenvalue weighted by molar-refractivity contribution is -0.136. The molecule has 1 aliphatic rings. The van der Waals surface area contributed by atoms with E-state index in [4.69, 9.17) is 9.84 Å². The van der Waals surface area contributed by atoms with Gasteiger partial charge in [0.2, 0.25) is 0 Å². The van der Waals surface area contributed by atoms with E-state index in [1.165, 1.54) is 0 Å². The third kappa shape index (κ3) is 2.28. The molecule has 0 saturated heterocycles. The Hall–Kier alpha value is -1.97. The van der Waals surface area contributed by atoms with E-state index < -0.39 is 5.97 Å². The standard InChI is InChI=1S/C11H11NO3/c13-11(14)6-10-7-12(8-15-10)9-4-2-1-3-5-9/h1-5,7H,6,8H2,(H,13,14). The van der Waals surface area contributed by atoms with Gasteiger partial charge in [0.05, 0.1) is 0 Å². The maximum absolute atomic E-state index is 10.5. The lowest BCUT2D eigenvalue weighted by atomic mass is 10.3. The van der Waals surface area contributed by atoms with Gasteiger partial charge in [-0.3, -0.25) is 4.79 Å². The van der Waals surface area contributed by atoms with Crippen LogP contribution in [-0.2, 0) is 9.53 Å². The smallest absolute Gasteiger partial charge is 0.311 e. The summed E-state index contributed by atoms with van der Waals surface area (Å²) in [5, 5.41) is 8.59. The molecule has 0 spiro atoms. The van der Waals surface area contributed by atoms with E-state index in [1.807, 2.05) is 35.2 Å². The zero-order chi connectivity index (χ0) is 10.7. The SMILES string of the molecule is O=C(O)CC1=CN(c2ccccc2)CO1. The molecule has 0 atom stereocenters. The van der Waals surface area contributed by atoms with Crippen LogP contribution < -0.4 is 4.90 Å². The highest BCUT2D eigenvalue weighted by Crippen LogP contribution is 2.21. The van der Waals surface area contributed by atoms with Crippen LogP contribution in [0.5, 0.6) is 0 Å². The molecule has 1 aromatic carbocycles. The Labute approximate surface area is 87.4 Å². The van der Waals surface area contributed by atoms with Crippen LogP contribution in [0.2, 0.25) is 0 Å². The molecule has 1 heterocycles. The summed E-state index contributed by atoms with van der Waals surface area (Å²) in [6, 6.07) is 9.69. The number of aliphatic carboxylic acids is 1. The van der Waals surface area contributed by atoms with Gasteiger partial charge in [0.25, 0.3) is 0 Å². The second kappa shape index (κ2) is 4.04. The number of carboxylic acids is 1. The fourth-order valence-electron chi connectivity index (χ4n) is 1.42. The Bertz CT molecular complexity index is 386. The van der Waals surface area contributed by atoms with E-state index in [9.17, 15) is 4.79 Å². The summed E-state index contributed by atoms with van der Waals surface area (Å²) < 4.78 is 5.24. The van der Waals surface area contributed by atoms with Gasteiger partial charge in [0.1, 0.15) is 12.2 Å². The minimum Gasteiger partial charge on any atom is -0.481 e. The van der Waals surface area contributed by atoms with Crippen LogP contribution in [0.1, 0.15) is 6.42 Å². The van der Waals surface area contributed by atoms with Crippen LogP contribution >= 0.6 is 0 Å². The number of para-hydroxylation sites is 1. The quantitative estimate of drug-likeness (QED) is 0.817. The molecule has 1 N–H and O–H groups in total. The number of hydrogen-bond donors (Lipinski definition) is 1. The summed E-state index contributed by atoms with van der Waals surface area (Å²) in [7, 11) is 0. The zero-order valence-corrected chi connectivity index (χ0v) is 8.09. The van der Waals surface area contributed by atoms with Crippen LogP contribution in [0.3, 0.4) is 0 Å². The fourth-order valence-corrected chi connectivity index (χ4v) is 1.42. The molecule has 0 fully saturated rings. The number of anilines is 1. The van der Waals surface area contributed by atoms with Crippen molar-refractivity contribution in [3.8, 4) is 0 Å². The Morgan fingerprint density at radius 1 is 1.40 bits per heavy atom. The fraction of sp³-hybridized carbons (Fsp3) is 0.182. The second-order valence-corrected chi connectivity index (χ2v) is 3.24. The van der Waals surface area contributed by atoms with Gasteiger partial charge in [-0.2, -0.15) is 0 Å². The first kappa shape index (κ1) is 9.58. The van der Waals surface area contributed by atoms with Gasteiger partial charge < -0.3 is 14.7 Å². The normalized spacial score (nSPS) is 14.7. The zero-order valence-electron chi connectivity index (χ0n) is 8.09. The van der Waals surface area contributed by atoms with E-state index >= 15 is 0 Å². The van der Waals surface area contributed by atoms with Crippen molar-refractivity contribution in [2.24, 2.45) is 0 Å². The Morgan fingerprint density at radius 2 is 2.13 bits per heavy atom. The van der Waals surface area contributed by atoms with E-state index in [0.717, 1.165) is 5.69 Å². The Morgan fingerprint density at radius 3 is 2.80 bits per heavy atom. The predicted molar refractivity (Wildman–Crippen MR) is 55.2 cm³/mol. The first-order valence-corrected chi connectivity index (χ1v) is 4.63. The number of carboxylic acid groups (broad SMARTS) is 1. The lowest BCUT2D eigenvalue weighted by Crippen LogP contribution is -2.12. The predicted octanol–water partition coefficient (Wildman–Crippen LogP) is 1.80. The van der Waals surface area contributed by atoms with Crippen molar-refractivity contribution in [2.75, 3.05) is 11.6 Å². The molecule has 15 heavy (non-hydrogen) atoms. The van der Waals surface area contributed by atoms with Gasteiger partial charge in [0.15, 0.2) is 6.73 Å². The maximum Gasteiger partial charge on any atom is 0.311 e. The van der Waals surface area contributed by atoms with E-state index in [1.54, 1.807) is 6.20 Å². The van der Waals surface area contributed by atoms with Crippen LogP contribution in [0.25, 0.3) is 0 Å². The highest BCUT2D eigenvalue weighted by Gasteiger charge is 2.16. The van der Waals surface area contributed by atoms with Gasteiger partial charge in [0, 0.05) is 11.9 Å². The molecular weight excluding hydrogens is 194 g/mol. The number of benzene rings is 1. The van der Waals surface area contributed by atoms with Crippen molar-refractivity contribution in [2.45, 2.75) is 6.42 Å². The Balaban J connectivity index is 2.09. The minimum atomic E-state index is -0.879. The molecule has 2 rings (SSSR count). The van der Waals surface area contributed by atoms with Crippen molar-refractivity contribution >= 4 is 11.7 Å². The van der Waals surface area contributed by atoms with E-state index in [-0.39, 0.29) is 6.42 Å². The van der Waals surface area contributed by atoms with E-state index in [0.29, 0.717) is 12.5 Å². The largest absolute Gasteiger partial charge is 0.481 e. The Kier molecular flexibility index (Phi) is 2.58. The van der Waals surface area contributed by atoms with Gasteiger partial charge in [-0.25, -0.2) is 0 Å². The number of ether oxygens (including phenoxy) is 1. The van der Waals surface area contributed by atoms with Crippen LogP contribution in [0, 0.1) is 0 Å². The molecular formula is C11H11NO3. The van der Waals surface area contributed by atoms with E-state index in [2.05, 4.69) is 0 Å². The topological polar surface area (TPSA) is 49.8 Å². The summed E-state index contributed by atoms with van der Waals surface area (Å²) in [4.78, 5) is 12.3. The molecule has 0 aromatic heterocycles. The lowest BCUT2D eigenvalue weighted by Gasteiger charge is -2.12. The summed E-state index contributed by atoms with van der Waals surface area (Å²) in [5.74, 6) is -0.387. The van der Waals surface area contributed by atoms with Crippen LogP contribution in [0.15, 0.2) is 42.3 Å². The van der Waals surface area contributed by atoms with Crippen molar-refractivity contribution in [1.29, 1.82) is 0 Å². The molecule has 0 amide bonds. The molecule has 1 aromatic rings. The number of hydrogen-bond acceptors (Lipinski definition) is 3. The molecule has 0 saturated carbocycles. The average molecular weight is 205 g/mol. The van der Waals surface area contributed by atoms with Gasteiger partial charge in [-0.15, -0.1) is 0 Å². The summed E-state index contributed by atoms with van der Waals surface area (Å²) >= 11 is 0. The van der Waals surface area contributed by atoms with Crippen LogP contribution in [0.4, 0.5) is 5.69 Å². The summed E-state index contributed by atoms with van der Waals surface area (Å²) in [6.45, 7) is 0.382. The second-order valence-electron chi connectivity index (χ2n) is 3.24. The monoisotopic (exact) mass is 205 g/mol. The first-order chi connectivity index (χ1) is 7.25.